The molecule has 0 unspecified atom stereocenters. The minimum Gasteiger partial charge on any atom is -0.507 e. The van der Waals surface area contributed by atoms with Crippen LogP contribution in [-0.2, 0) is 0 Å². The van der Waals surface area contributed by atoms with E-state index in [2.05, 4.69) is 0 Å². The first-order chi connectivity index (χ1) is 6.06. The van der Waals surface area contributed by atoms with Crippen LogP contribution in [0.2, 0.25) is 0 Å². The Morgan fingerprint density at radius 1 is 1.54 bits per heavy atom. The van der Waals surface area contributed by atoms with Gasteiger partial charge in [-0.2, -0.15) is 4.39 Å². The summed E-state index contributed by atoms with van der Waals surface area (Å²) in [5.41, 5.74) is -1.15. The van der Waals surface area contributed by atoms with E-state index in [1.807, 2.05) is 0 Å². The second-order valence-corrected chi connectivity index (χ2v) is 2.24. The van der Waals surface area contributed by atoms with Crippen molar-refractivity contribution in [3.63, 3.8) is 0 Å². The van der Waals surface area contributed by atoms with Crippen molar-refractivity contribution in [2.45, 2.75) is 0 Å². The number of rotatable bonds is 2. The molecule has 0 saturated carbocycles. The first-order valence-corrected chi connectivity index (χ1v) is 3.18. The van der Waals surface area contributed by atoms with Crippen LogP contribution >= 0.6 is 0 Å². The summed E-state index contributed by atoms with van der Waals surface area (Å²) in [5.74, 6) is -1.79. The molecule has 0 aliphatic rings. The number of aldehydes is 1. The van der Waals surface area contributed by atoms with Gasteiger partial charge in [-0.05, 0) is 0 Å². The van der Waals surface area contributed by atoms with E-state index < -0.39 is 22.2 Å². The third-order valence-corrected chi connectivity index (χ3v) is 1.42. The van der Waals surface area contributed by atoms with Crippen LogP contribution in [0.15, 0.2) is 12.1 Å². The van der Waals surface area contributed by atoms with E-state index in [0.717, 1.165) is 0 Å². The summed E-state index contributed by atoms with van der Waals surface area (Å²) in [6.07, 6.45) is 0.210. The molecule has 1 aromatic rings. The minimum absolute atomic E-state index is 0.210. The fraction of sp³-hybridized carbons (Fsp3) is 0. The molecule has 13 heavy (non-hydrogen) atoms. The smallest absolute Gasteiger partial charge is 0.305 e. The maximum atomic E-state index is 12.7. The number of halogens is 1. The zero-order valence-electron chi connectivity index (χ0n) is 6.23. The standard InChI is InChI=1S/C7H4FNO4/c8-5-2-7(11)4(3-10)1-6(5)9(12)13/h1-3,11H. The average Bonchev–Trinajstić information content (AvgIpc) is 2.03. The fourth-order valence-corrected chi connectivity index (χ4v) is 0.802. The van der Waals surface area contributed by atoms with E-state index in [4.69, 9.17) is 5.11 Å². The minimum atomic E-state index is -1.17. The zero-order valence-corrected chi connectivity index (χ0v) is 6.23. The molecule has 0 bridgehead atoms. The number of nitrogens with zero attached hydrogens (tertiary/aromatic N) is 1. The topological polar surface area (TPSA) is 80.4 Å². The molecule has 0 saturated heterocycles. The summed E-state index contributed by atoms with van der Waals surface area (Å²) in [4.78, 5) is 19.4. The van der Waals surface area contributed by atoms with Gasteiger partial charge < -0.3 is 5.11 Å². The van der Waals surface area contributed by atoms with Crippen molar-refractivity contribution in [2.24, 2.45) is 0 Å². The normalized spacial score (nSPS) is 9.62. The fourth-order valence-electron chi connectivity index (χ4n) is 0.802. The van der Waals surface area contributed by atoms with Crippen LogP contribution in [-0.4, -0.2) is 16.3 Å². The highest BCUT2D eigenvalue weighted by atomic mass is 19.1. The largest absolute Gasteiger partial charge is 0.507 e. The van der Waals surface area contributed by atoms with Gasteiger partial charge in [-0.3, -0.25) is 14.9 Å². The number of carbonyl (C=O) groups excluding carboxylic acids is 1. The van der Waals surface area contributed by atoms with E-state index in [9.17, 15) is 19.3 Å². The summed E-state index contributed by atoms with van der Waals surface area (Å²) in [5, 5.41) is 19.1. The predicted molar refractivity (Wildman–Crippen MR) is 40.1 cm³/mol. The molecular weight excluding hydrogens is 181 g/mol. The summed E-state index contributed by atoms with van der Waals surface area (Å²) in [6, 6.07) is 1.21. The van der Waals surface area contributed by atoms with Crippen molar-refractivity contribution < 1.29 is 19.2 Å². The van der Waals surface area contributed by atoms with E-state index in [1.165, 1.54) is 0 Å². The van der Waals surface area contributed by atoms with Gasteiger partial charge >= 0.3 is 5.69 Å². The summed E-state index contributed by atoms with van der Waals surface area (Å²) < 4.78 is 12.7. The van der Waals surface area contributed by atoms with Crippen molar-refractivity contribution in [1.29, 1.82) is 0 Å². The lowest BCUT2D eigenvalue weighted by atomic mass is 10.2. The lowest BCUT2D eigenvalue weighted by Gasteiger charge is -1.97. The molecule has 68 valence electrons. The second kappa shape index (κ2) is 3.18. The maximum absolute atomic E-state index is 12.7. The Morgan fingerprint density at radius 3 is 2.62 bits per heavy atom. The SMILES string of the molecule is O=Cc1cc([N+](=O)[O-])c(F)cc1O. The molecule has 0 aromatic heterocycles. The van der Waals surface area contributed by atoms with Gasteiger partial charge in [0.15, 0.2) is 6.29 Å². The van der Waals surface area contributed by atoms with Crippen molar-refractivity contribution in [1.82, 2.24) is 0 Å². The van der Waals surface area contributed by atoms with Gasteiger partial charge in [0.2, 0.25) is 5.82 Å². The maximum Gasteiger partial charge on any atom is 0.305 e. The molecule has 1 aromatic carbocycles. The van der Waals surface area contributed by atoms with Crippen molar-refractivity contribution in [3.05, 3.63) is 33.6 Å². The number of phenolic OH excluding ortho intramolecular Hbond substituents is 1. The highest BCUT2D eigenvalue weighted by Crippen LogP contribution is 2.25. The van der Waals surface area contributed by atoms with Crippen molar-refractivity contribution in [2.75, 3.05) is 0 Å². The summed E-state index contributed by atoms with van der Waals surface area (Å²) in [6.45, 7) is 0. The van der Waals surface area contributed by atoms with Gasteiger partial charge in [-0.1, -0.05) is 0 Å². The number of hydrogen-bond acceptors (Lipinski definition) is 4. The van der Waals surface area contributed by atoms with Crippen LogP contribution in [0, 0.1) is 15.9 Å². The van der Waals surface area contributed by atoms with E-state index in [1.54, 1.807) is 0 Å². The molecule has 5 nitrogen and oxygen atoms in total. The van der Waals surface area contributed by atoms with Crippen LogP contribution in [0.1, 0.15) is 10.4 Å². The third-order valence-electron chi connectivity index (χ3n) is 1.42. The molecule has 0 atom stereocenters. The van der Waals surface area contributed by atoms with Gasteiger partial charge in [0.05, 0.1) is 10.5 Å². The van der Waals surface area contributed by atoms with E-state index in [0.29, 0.717) is 12.1 Å². The summed E-state index contributed by atoms with van der Waals surface area (Å²) >= 11 is 0. The van der Waals surface area contributed by atoms with Gasteiger partial charge in [0, 0.05) is 12.1 Å². The molecular formula is C7H4FNO4. The lowest BCUT2D eigenvalue weighted by molar-refractivity contribution is -0.387. The predicted octanol–water partition coefficient (Wildman–Crippen LogP) is 1.25. The van der Waals surface area contributed by atoms with Crippen LogP contribution in [0.4, 0.5) is 10.1 Å². The quantitative estimate of drug-likeness (QED) is 0.427. The third kappa shape index (κ3) is 1.61. The van der Waals surface area contributed by atoms with Crippen LogP contribution in [0.3, 0.4) is 0 Å². The number of aromatic hydroxyl groups is 1. The first kappa shape index (κ1) is 9.11. The molecule has 0 aliphatic carbocycles. The summed E-state index contributed by atoms with van der Waals surface area (Å²) in [7, 11) is 0. The van der Waals surface area contributed by atoms with Gasteiger partial charge in [0.25, 0.3) is 0 Å². The van der Waals surface area contributed by atoms with Gasteiger partial charge in [-0.25, -0.2) is 0 Å². The number of phenols is 1. The zero-order chi connectivity index (χ0) is 10.0. The van der Waals surface area contributed by atoms with E-state index in [-0.39, 0.29) is 11.8 Å². The van der Waals surface area contributed by atoms with Gasteiger partial charge in [0.1, 0.15) is 5.75 Å². The Balaban J connectivity index is 3.38. The molecule has 0 heterocycles. The molecule has 1 rings (SSSR count). The van der Waals surface area contributed by atoms with E-state index >= 15 is 0 Å². The second-order valence-electron chi connectivity index (χ2n) is 2.24. The number of carbonyl (C=O) groups is 1. The number of benzene rings is 1. The van der Waals surface area contributed by atoms with Crippen LogP contribution < -0.4 is 0 Å². The van der Waals surface area contributed by atoms with Crippen molar-refractivity contribution in [3.8, 4) is 5.75 Å². The molecule has 0 radical (unpaired) electrons. The van der Waals surface area contributed by atoms with Crippen LogP contribution in [0.5, 0.6) is 5.75 Å². The monoisotopic (exact) mass is 185 g/mol. The first-order valence-electron chi connectivity index (χ1n) is 3.18. The Morgan fingerprint density at radius 2 is 2.15 bits per heavy atom. The average molecular weight is 185 g/mol. The number of hydrogen-bond donors (Lipinski definition) is 1. The molecule has 0 aliphatic heterocycles. The Kier molecular flexibility index (Phi) is 2.23. The highest BCUT2D eigenvalue weighted by molar-refractivity contribution is 5.80. The van der Waals surface area contributed by atoms with Crippen LogP contribution in [0.25, 0.3) is 0 Å². The van der Waals surface area contributed by atoms with Gasteiger partial charge in [-0.15, -0.1) is 0 Å². The number of nitro groups is 1. The highest BCUT2D eigenvalue weighted by Gasteiger charge is 2.17. The Labute approximate surface area is 71.6 Å². The Bertz CT molecular complexity index is 377. The molecule has 6 heteroatoms. The molecule has 0 amide bonds. The number of nitro benzene ring substituents is 1. The lowest BCUT2D eigenvalue weighted by Crippen LogP contribution is -1.94. The molecule has 1 N–H and O–H groups in total. The molecule has 0 spiro atoms. The van der Waals surface area contributed by atoms with Crippen molar-refractivity contribution >= 4 is 12.0 Å². The molecule has 0 fully saturated rings. The Hall–Kier alpha value is -1.98.